The minimum atomic E-state index is 0.167. The predicted octanol–water partition coefficient (Wildman–Crippen LogP) is 1.67. The van der Waals surface area contributed by atoms with E-state index in [1.807, 2.05) is 17.9 Å². The molecule has 0 unspecified atom stereocenters. The van der Waals surface area contributed by atoms with E-state index in [-0.39, 0.29) is 5.91 Å². The Hall–Kier alpha value is -1.71. The largest absolute Gasteiger partial charge is 0.496 e. The van der Waals surface area contributed by atoms with E-state index in [0.717, 1.165) is 37.5 Å². The summed E-state index contributed by atoms with van der Waals surface area (Å²) in [5.41, 5.74) is 2.35. The standard InChI is InChI=1S/C14H20N2O2/c1-11-10-13(4-5-14(11)18-3)16-8-6-15(7-9-16)12(2)17/h4-5,10H,6-9H2,1-3H3. The van der Waals surface area contributed by atoms with Gasteiger partial charge < -0.3 is 14.5 Å². The maximum atomic E-state index is 11.3. The van der Waals surface area contributed by atoms with Crippen LogP contribution < -0.4 is 9.64 Å². The zero-order valence-electron chi connectivity index (χ0n) is 11.3. The molecular weight excluding hydrogens is 228 g/mol. The van der Waals surface area contributed by atoms with Gasteiger partial charge in [0.15, 0.2) is 0 Å². The fraction of sp³-hybridized carbons (Fsp3) is 0.500. The predicted molar refractivity (Wildman–Crippen MR) is 72.2 cm³/mol. The van der Waals surface area contributed by atoms with Crippen LogP contribution in [0.15, 0.2) is 18.2 Å². The lowest BCUT2D eigenvalue weighted by Gasteiger charge is -2.35. The van der Waals surface area contributed by atoms with Gasteiger partial charge in [-0.25, -0.2) is 0 Å². The molecule has 0 aromatic heterocycles. The van der Waals surface area contributed by atoms with Gasteiger partial charge in [-0.3, -0.25) is 4.79 Å². The highest BCUT2D eigenvalue weighted by atomic mass is 16.5. The second-order valence-corrected chi connectivity index (χ2v) is 4.65. The average molecular weight is 248 g/mol. The van der Waals surface area contributed by atoms with E-state index in [0.29, 0.717) is 0 Å². The molecule has 0 spiro atoms. The van der Waals surface area contributed by atoms with Crippen LogP contribution >= 0.6 is 0 Å². The van der Waals surface area contributed by atoms with Crippen molar-refractivity contribution in [2.75, 3.05) is 38.2 Å². The zero-order valence-corrected chi connectivity index (χ0v) is 11.3. The first-order valence-electron chi connectivity index (χ1n) is 6.27. The quantitative estimate of drug-likeness (QED) is 0.798. The van der Waals surface area contributed by atoms with Gasteiger partial charge in [-0.1, -0.05) is 0 Å². The van der Waals surface area contributed by atoms with Crippen LogP contribution in [0.2, 0.25) is 0 Å². The van der Waals surface area contributed by atoms with Crippen molar-refractivity contribution in [3.05, 3.63) is 23.8 Å². The Morgan fingerprint density at radius 3 is 2.39 bits per heavy atom. The van der Waals surface area contributed by atoms with Gasteiger partial charge in [-0.2, -0.15) is 0 Å². The lowest BCUT2D eigenvalue weighted by molar-refractivity contribution is -0.129. The Bertz CT molecular complexity index is 437. The molecule has 0 bridgehead atoms. The highest BCUT2D eigenvalue weighted by Crippen LogP contribution is 2.24. The molecule has 1 aromatic carbocycles. The second kappa shape index (κ2) is 5.29. The number of nitrogens with zero attached hydrogens (tertiary/aromatic N) is 2. The van der Waals surface area contributed by atoms with E-state index >= 15 is 0 Å². The number of methoxy groups -OCH3 is 1. The number of hydrogen-bond donors (Lipinski definition) is 0. The van der Waals surface area contributed by atoms with Crippen molar-refractivity contribution in [1.82, 2.24) is 4.90 Å². The van der Waals surface area contributed by atoms with Crippen molar-refractivity contribution < 1.29 is 9.53 Å². The first-order chi connectivity index (χ1) is 8.61. The number of carbonyl (C=O) groups excluding carboxylic acids is 1. The molecule has 98 valence electrons. The van der Waals surface area contributed by atoms with Crippen molar-refractivity contribution in [3.8, 4) is 5.75 Å². The number of carbonyl (C=O) groups is 1. The van der Waals surface area contributed by atoms with E-state index in [2.05, 4.69) is 17.0 Å². The molecule has 4 heteroatoms. The maximum absolute atomic E-state index is 11.3. The Labute approximate surface area is 108 Å². The van der Waals surface area contributed by atoms with Crippen LogP contribution in [0.1, 0.15) is 12.5 Å². The monoisotopic (exact) mass is 248 g/mol. The molecule has 1 heterocycles. The third-order valence-corrected chi connectivity index (χ3v) is 3.47. The van der Waals surface area contributed by atoms with Gasteiger partial charge in [-0.15, -0.1) is 0 Å². The molecule has 0 atom stereocenters. The number of amides is 1. The molecule has 1 aliphatic rings. The molecule has 1 fully saturated rings. The maximum Gasteiger partial charge on any atom is 0.219 e. The van der Waals surface area contributed by atoms with Crippen molar-refractivity contribution in [2.24, 2.45) is 0 Å². The Morgan fingerprint density at radius 2 is 1.89 bits per heavy atom. The van der Waals surface area contributed by atoms with E-state index < -0.39 is 0 Å². The number of aryl methyl sites for hydroxylation is 1. The molecule has 1 saturated heterocycles. The molecule has 2 rings (SSSR count). The molecule has 0 aliphatic carbocycles. The SMILES string of the molecule is COc1ccc(N2CCN(C(C)=O)CC2)cc1C. The van der Waals surface area contributed by atoms with Gasteiger partial charge in [0.2, 0.25) is 5.91 Å². The van der Waals surface area contributed by atoms with Crippen molar-refractivity contribution in [2.45, 2.75) is 13.8 Å². The van der Waals surface area contributed by atoms with Gasteiger partial charge in [0, 0.05) is 38.8 Å². The van der Waals surface area contributed by atoms with Gasteiger partial charge in [0.05, 0.1) is 7.11 Å². The second-order valence-electron chi connectivity index (χ2n) is 4.65. The van der Waals surface area contributed by atoms with E-state index in [4.69, 9.17) is 4.74 Å². The molecule has 1 amide bonds. The minimum Gasteiger partial charge on any atom is -0.496 e. The summed E-state index contributed by atoms with van der Waals surface area (Å²) in [7, 11) is 1.69. The number of ether oxygens (including phenoxy) is 1. The van der Waals surface area contributed by atoms with Gasteiger partial charge in [0.25, 0.3) is 0 Å². The summed E-state index contributed by atoms with van der Waals surface area (Å²) < 4.78 is 5.26. The topological polar surface area (TPSA) is 32.8 Å². The molecule has 0 N–H and O–H groups in total. The first kappa shape index (κ1) is 12.7. The van der Waals surface area contributed by atoms with Crippen LogP contribution in [0, 0.1) is 6.92 Å². The molecule has 1 aliphatic heterocycles. The van der Waals surface area contributed by atoms with Crippen LogP contribution in [0.5, 0.6) is 5.75 Å². The Kier molecular flexibility index (Phi) is 3.75. The fourth-order valence-corrected chi connectivity index (χ4v) is 2.34. The smallest absolute Gasteiger partial charge is 0.219 e. The summed E-state index contributed by atoms with van der Waals surface area (Å²) in [4.78, 5) is 15.5. The zero-order chi connectivity index (χ0) is 13.1. The summed E-state index contributed by atoms with van der Waals surface area (Å²) in [5.74, 6) is 1.08. The molecule has 4 nitrogen and oxygen atoms in total. The summed E-state index contributed by atoms with van der Waals surface area (Å²) in [6, 6.07) is 6.22. The number of piperazine rings is 1. The molecule has 0 saturated carbocycles. The van der Waals surface area contributed by atoms with Gasteiger partial charge >= 0.3 is 0 Å². The lowest BCUT2D eigenvalue weighted by atomic mass is 10.1. The van der Waals surface area contributed by atoms with Crippen molar-refractivity contribution >= 4 is 11.6 Å². The fourth-order valence-electron chi connectivity index (χ4n) is 2.34. The number of hydrogen-bond acceptors (Lipinski definition) is 3. The van der Waals surface area contributed by atoms with Crippen LogP contribution in [-0.4, -0.2) is 44.1 Å². The van der Waals surface area contributed by atoms with Crippen molar-refractivity contribution in [3.63, 3.8) is 0 Å². The lowest BCUT2D eigenvalue weighted by Crippen LogP contribution is -2.48. The highest BCUT2D eigenvalue weighted by Gasteiger charge is 2.19. The third kappa shape index (κ3) is 2.58. The number of anilines is 1. The summed E-state index contributed by atoms with van der Waals surface area (Å²) >= 11 is 0. The van der Waals surface area contributed by atoms with E-state index in [9.17, 15) is 4.79 Å². The van der Waals surface area contributed by atoms with Crippen LogP contribution in [-0.2, 0) is 4.79 Å². The van der Waals surface area contributed by atoms with E-state index in [1.165, 1.54) is 5.69 Å². The van der Waals surface area contributed by atoms with E-state index in [1.54, 1.807) is 14.0 Å². The average Bonchev–Trinajstić information content (AvgIpc) is 2.38. The third-order valence-electron chi connectivity index (χ3n) is 3.47. The van der Waals surface area contributed by atoms with Crippen molar-refractivity contribution in [1.29, 1.82) is 0 Å². The number of benzene rings is 1. The van der Waals surface area contributed by atoms with Crippen LogP contribution in [0.3, 0.4) is 0 Å². The Morgan fingerprint density at radius 1 is 1.22 bits per heavy atom. The molecule has 18 heavy (non-hydrogen) atoms. The normalized spacial score (nSPS) is 15.7. The van der Waals surface area contributed by atoms with Gasteiger partial charge in [-0.05, 0) is 30.7 Å². The van der Waals surface area contributed by atoms with Crippen LogP contribution in [0.4, 0.5) is 5.69 Å². The minimum absolute atomic E-state index is 0.167. The highest BCUT2D eigenvalue weighted by molar-refractivity contribution is 5.73. The van der Waals surface area contributed by atoms with Crippen LogP contribution in [0.25, 0.3) is 0 Å². The molecule has 0 radical (unpaired) electrons. The summed E-state index contributed by atoms with van der Waals surface area (Å²) in [6.45, 7) is 7.08. The van der Waals surface area contributed by atoms with Gasteiger partial charge in [0.1, 0.15) is 5.75 Å². The summed E-state index contributed by atoms with van der Waals surface area (Å²) in [6.07, 6.45) is 0. The first-order valence-corrected chi connectivity index (χ1v) is 6.27. The summed E-state index contributed by atoms with van der Waals surface area (Å²) in [5, 5.41) is 0. The molecule has 1 aromatic rings. The molecular formula is C14H20N2O2. The Balaban J connectivity index is 2.05. The number of rotatable bonds is 2.